The number of benzene rings is 2. The predicted octanol–water partition coefficient (Wildman–Crippen LogP) is 7.48. The molecule has 3 rings (SSSR count). The number of rotatable bonds is 9. The number of alkyl halides is 1. The molecule has 1 saturated carbocycles. The van der Waals surface area contributed by atoms with E-state index >= 15 is 0 Å². The van der Waals surface area contributed by atoms with E-state index in [0.29, 0.717) is 0 Å². The van der Waals surface area contributed by atoms with Gasteiger partial charge in [-0.1, -0.05) is 77.5 Å². The minimum atomic E-state index is 0.745. The summed E-state index contributed by atoms with van der Waals surface area (Å²) in [6.45, 7) is 7.15. The van der Waals surface area contributed by atoms with Crippen molar-refractivity contribution in [2.75, 3.05) is 13.1 Å². The number of halogens is 1. The zero-order chi connectivity index (χ0) is 21.6. The zero-order valence-corrected chi connectivity index (χ0v) is 20.3. The maximum Gasteiger partial charge on any atom is 0.0587 e. The highest BCUT2D eigenvalue weighted by Crippen LogP contribution is 2.35. The van der Waals surface area contributed by atoms with E-state index in [0.717, 1.165) is 17.3 Å². The van der Waals surface area contributed by atoms with E-state index in [1.807, 2.05) is 0 Å². The summed E-state index contributed by atoms with van der Waals surface area (Å²) in [5, 5.41) is 7.32. The van der Waals surface area contributed by atoms with Crippen LogP contribution < -0.4 is 0 Å². The normalized spacial score (nSPS) is 18.4. The summed E-state index contributed by atoms with van der Waals surface area (Å²) in [7, 11) is 0. The van der Waals surface area contributed by atoms with Crippen molar-refractivity contribution in [3.05, 3.63) is 71.3 Å². The monoisotopic (exact) mass is 468 g/mol. The smallest absolute Gasteiger partial charge is 0.0587 e. The van der Waals surface area contributed by atoms with Gasteiger partial charge in [0, 0.05) is 18.3 Å². The van der Waals surface area contributed by atoms with Gasteiger partial charge in [-0.3, -0.25) is 4.90 Å². The quantitative estimate of drug-likeness (QED) is 0.356. The molecule has 0 spiro atoms. The van der Waals surface area contributed by atoms with Gasteiger partial charge >= 0.3 is 0 Å². The van der Waals surface area contributed by atoms with Gasteiger partial charge in [-0.15, -0.1) is 0 Å². The molecule has 0 N–H and O–H groups in total. The molecule has 2 nitrogen and oxygen atoms in total. The van der Waals surface area contributed by atoms with Crippen LogP contribution in [0, 0.1) is 11.3 Å². The second-order valence-corrected chi connectivity index (χ2v) is 9.57. The first-order valence-corrected chi connectivity index (χ1v) is 12.4. The first-order chi connectivity index (χ1) is 14.7. The van der Waals surface area contributed by atoms with Gasteiger partial charge in [0.1, 0.15) is 0 Å². The number of nitrogens with zero attached hydrogens (tertiary/aromatic N) is 2. The lowest BCUT2D eigenvalue weighted by atomic mass is 9.84. The van der Waals surface area contributed by atoms with E-state index in [1.165, 1.54) is 76.1 Å². The van der Waals surface area contributed by atoms with Crippen molar-refractivity contribution < 1.29 is 0 Å². The van der Waals surface area contributed by atoms with E-state index in [1.54, 1.807) is 11.6 Å². The molecule has 0 aromatic heterocycles. The van der Waals surface area contributed by atoms with Crippen LogP contribution in [0.2, 0.25) is 0 Å². The topological polar surface area (TPSA) is 27.0 Å². The van der Waals surface area contributed by atoms with Crippen molar-refractivity contribution in [2.24, 2.45) is 0 Å². The summed E-state index contributed by atoms with van der Waals surface area (Å²) in [5.41, 5.74) is 4.47. The van der Waals surface area contributed by atoms with Crippen LogP contribution >= 0.6 is 15.9 Å². The van der Waals surface area contributed by atoms with Crippen molar-refractivity contribution in [1.29, 1.82) is 5.26 Å². The molecule has 2 aromatic carbocycles. The van der Waals surface area contributed by atoms with Crippen LogP contribution in [0.3, 0.4) is 0 Å². The second-order valence-electron chi connectivity index (χ2n) is 8.28. The Hall–Kier alpha value is -1.63. The highest BCUT2D eigenvalue weighted by molar-refractivity contribution is 9.09. The van der Waals surface area contributed by atoms with Gasteiger partial charge in [-0.05, 0) is 80.6 Å². The first kappa shape index (κ1) is 24.6. The van der Waals surface area contributed by atoms with Crippen LogP contribution in [0.4, 0.5) is 0 Å². The molecule has 0 saturated heterocycles. The lowest BCUT2D eigenvalue weighted by Gasteiger charge is -2.25. The standard InChI is InChI=1S/C25H34BrN.C2H3N/c1-2-18-27(20-22-7-4-3-5-8-22)19-6-9-21-10-12-23(13-11-21)24-14-16-25(26)17-15-24;1-2-3/h3-5,7-8,10-13,24-25H,2,6,9,14-20H2,1H3;1H3. The Bertz CT molecular complexity index is 728. The number of hydrogen-bond acceptors (Lipinski definition) is 2. The largest absolute Gasteiger partial charge is 0.299 e. The SMILES string of the molecule is CC#N.CCCN(CCCc1ccc(C2CCC(Br)CC2)cc1)Cc1ccccc1. The van der Waals surface area contributed by atoms with Gasteiger partial charge in [0.2, 0.25) is 0 Å². The lowest BCUT2D eigenvalue weighted by molar-refractivity contribution is 0.262. The minimum absolute atomic E-state index is 0.745. The van der Waals surface area contributed by atoms with Gasteiger partial charge in [-0.25, -0.2) is 0 Å². The summed E-state index contributed by atoms with van der Waals surface area (Å²) in [6.07, 6.45) is 8.95. The van der Waals surface area contributed by atoms with E-state index < -0.39 is 0 Å². The molecule has 1 aliphatic carbocycles. The molecule has 3 heteroatoms. The van der Waals surface area contributed by atoms with Crippen LogP contribution in [0.5, 0.6) is 0 Å². The molecule has 1 fully saturated rings. The summed E-state index contributed by atoms with van der Waals surface area (Å²) in [6, 6.07) is 22.1. The number of hydrogen-bond donors (Lipinski definition) is 0. The molecular weight excluding hydrogens is 432 g/mol. The third-order valence-electron chi connectivity index (χ3n) is 5.84. The fourth-order valence-electron chi connectivity index (χ4n) is 4.28. The highest BCUT2D eigenvalue weighted by atomic mass is 79.9. The number of nitriles is 1. The maximum atomic E-state index is 7.32. The molecule has 30 heavy (non-hydrogen) atoms. The van der Waals surface area contributed by atoms with E-state index in [2.05, 4.69) is 82.4 Å². The third kappa shape index (κ3) is 9.02. The average molecular weight is 470 g/mol. The van der Waals surface area contributed by atoms with Gasteiger partial charge in [0.05, 0.1) is 6.07 Å². The fourth-order valence-corrected chi connectivity index (χ4v) is 4.81. The van der Waals surface area contributed by atoms with Crippen molar-refractivity contribution in [3.63, 3.8) is 0 Å². The minimum Gasteiger partial charge on any atom is -0.299 e. The van der Waals surface area contributed by atoms with Crippen LogP contribution in [-0.4, -0.2) is 22.8 Å². The predicted molar refractivity (Wildman–Crippen MR) is 132 cm³/mol. The van der Waals surface area contributed by atoms with Crippen molar-refractivity contribution in [3.8, 4) is 6.07 Å². The Balaban J connectivity index is 0.00000101. The van der Waals surface area contributed by atoms with Gasteiger partial charge < -0.3 is 0 Å². The molecular formula is C27H37BrN2. The Morgan fingerprint density at radius 1 is 0.933 bits per heavy atom. The van der Waals surface area contributed by atoms with Crippen LogP contribution in [0.1, 0.15) is 75.0 Å². The first-order valence-electron chi connectivity index (χ1n) is 11.5. The number of aryl methyl sites for hydroxylation is 1. The van der Waals surface area contributed by atoms with Crippen LogP contribution in [0.25, 0.3) is 0 Å². The van der Waals surface area contributed by atoms with Crippen LogP contribution in [-0.2, 0) is 13.0 Å². The molecule has 2 aromatic rings. The summed E-state index contributed by atoms with van der Waals surface area (Å²) < 4.78 is 0. The highest BCUT2D eigenvalue weighted by Gasteiger charge is 2.20. The Morgan fingerprint density at radius 3 is 2.17 bits per heavy atom. The molecule has 0 aliphatic heterocycles. The fraction of sp³-hybridized carbons (Fsp3) is 0.519. The Morgan fingerprint density at radius 2 is 1.57 bits per heavy atom. The van der Waals surface area contributed by atoms with Gasteiger partial charge in [-0.2, -0.15) is 5.26 Å². The van der Waals surface area contributed by atoms with Gasteiger partial charge in [0.15, 0.2) is 0 Å². The van der Waals surface area contributed by atoms with Gasteiger partial charge in [0.25, 0.3) is 0 Å². The van der Waals surface area contributed by atoms with E-state index in [9.17, 15) is 0 Å². The molecule has 0 radical (unpaired) electrons. The molecule has 0 unspecified atom stereocenters. The van der Waals surface area contributed by atoms with E-state index in [4.69, 9.17) is 5.26 Å². The summed E-state index contributed by atoms with van der Waals surface area (Å²) in [4.78, 5) is 3.34. The third-order valence-corrected chi connectivity index (χ3v) is 6.75. The lowest BCUT2D eigenvalue weighted by Crippen LogP contribution is -2.25. The zero-order valence-electron chi connectivity index (χ0n) is 18.7. The summed E-state index contributed by atoms with van der Waals surface area (Å²) in [5.74, 6) is 0.777. The van der Waals surface area contributed by atoms with E-state index in [-0.39, 0.29) is 0 Å². The Labute approximate surface area is 192 Å². The molecule has 162 valence electrons. The van der Waals surface area contributed by atoms with Crippen molar-refractivity contribution in [1.82, 2.24) is 4.90 Å². The average Bonchev–Trinajstić information content (AvgIpc) is 2.76. The molecule has 0 bridgehead atoms. The maximum absolute atomic E-state index is 7.32. The van der Waals surface area contributed by atoms with Crippen molar-refractivity contribution in [2.45, 2.75) is 76.1 Å². The molecule has 1 aliphatic rings. The van der Waals surface area contributed by atoms with Crippen molar-refractivity contribution >= 4 is 15.9 Å². The molecule has 0 atom stereocenters. The Kier molecular flexibility index (Phi) is 11.8. The molecule has 0 heterocycles. The molecule has 0 amide bonds. The summed E-state index contributed by atoms with van der Waals surface area (Å²) >= 11 is 3.77. The second kappa shape index (κ2) is 14.4. The van der Waals surface area contributed by atoms with Crippen LogP contribution in [0.15, 0.2) is 54.6 Å².